The summed E-state index contributed by atoms with van der Waals surface area (Å²) in [6.45, 7) is 6.20. The van der Waals surface area contributed by atoms with E-state index in [2.05, 4.69) is 19.1 Å². The number of aliphatic carboxylic acids is 1. The van der Waals surface area contributed by atoms with Gasteiger partial charge in [0.05, 0.1) is 0 Å². The molecule has 0 heterocycles. The van der Waals surface area contributed by atoms with Gasteiger partial charge in [-0.3, -0.25) is 4.79 Å². The number of hydrogen-bond acceptors (Lipinski definition) is 3. The molecule has 0 saturated carbocycles. The fourth-order valence-corrected chi connectivity index (χ4v) is 1.88. The minimum absolute atomic E-state index is 0.222. The normalized spacial score (nSPS) is 10.7. The van der Waals surface area contributed by atoms with Crippen LogP contribution in [0.4, 0.5) is 0 Å². The summed E-state index contributed by atoms with van der Waals surface area (Å²) in [5.74, 6) is -0.745. The quantitative estimate of drug-likeness (QED) is 0.582. The molecule has 0 aliphatic rings. The van der Waals surface area contributed by atoms with E-state index in [0.29, 0.717) is 6.61 Å². The molecule has 0 bridgehead atoms. The first kappa shape index (κ1) is 24.9. The molecule has 0 spiro atoms. The van der Waals surface area contributed by atoms with Crippen LogP contribution >= 0.6 is 0 Å². The van der Waals surface area contributed by atoms with Gasteiger partial charge in [-0.15, -0.1) is 0 Å². The molecule has 0 fully saturated rings. The lowest BCUT2D eigenvalue weighted by atomic mass is 10.1. The van der Waals surface area contributed by atoms with Crippen LogP contribution in [-0.4, -0.2) is 28.8 Å². The van der Waals surface area contributed by atoms with Crippen LogP contribution in [0, 0.1) is 0 Å². The summed E-state index contributed by atoms with van der Waals surface area (Å²) < 4.78 is 0. The summed E-state index contributed by atoms with van der Waals surface area (Å²) >= 11 is 0. The van der Waals surface area contributed by atoms with E-state index in [1.165, 1.54) is 37.7 Å². The van der Waals surface area contributed by atoms with Gasteiger partial charge in [-0.2, -0.15) is 0 Å². The standard InChI is InChI=1S/C9H13N.C8H18O.C3H6O2/c1-8(10)7-9-5-3-2-4-6-9;1-2-3-4-5-6-7-8-9;1-2-3(4)5/h2-6,8H,7,10H2,1H3;9H,2-8H2,1H3;2H2,1H3,(H,4,5). The van der Waals surface area contributed by atoms with Crippen molar-refractivity contribution in [2.24, 2.45) is 5.73 Å². The molecule has 1 atom stereocenters. The largest absolute Gasteiger partial charge is 0.481 e. The second kappa shape index (κ2) is 19.7. The molecule has 1 aromatic rings. The fraction of sp³-hybridized carbons (Fsp3) is 0.650. The Bertz CT molecular complexity index is 360. The Morgan fingerprint density at radius 1 is 1.04 bits per heavy atom. The third-order valence-corrected chi connectivity index (χ3v) is 3.21. The molecule has 140 valence electrons. The molecule has 4 heteroatoms. The van der Waals surface area contributed by atoms with E-state index in [0.717, 1.165) is 12.8 Å². The number of unbranched alkanes of at least 4 members (excludes halogenated alkanes) is 5. The van der Waals surface area contributed by atoms with Gasteiger partial charge in [-0.1, -0.05) is 76.3 Å². The second-order valence-electron chi connectivity index (χ2n) is 5.91. The third kappa shape index (κ3) is 22.9. The minimum Gasteiger partial charge on any atom is -0.481 e. The Morgan fingerprint density at radius 2 is 1.54 bits per heavy atom. The van der Waals surface area contributed by atoms with Crippen LogP contribution < -0.4 is 5.73 Å². The summed E-state index contributed by atoms with van der Waals surface area (Å²) in [5.41, 5.74) is 6.94. The summed E-state index contributed by atoms with van der Waals surface area (Å²) in [4.78, 5) is 9.37. The van der Waals surface area contributed by atoms with Crippen molar-refractivity contribution < 1.29 is 15.0 Å². The molecule has 0 amide bonds. The Morgan fingerprint density at radius 3 is 1.96 bits per heavy atom. The highest BCUT2D eigenvalue weighted by atomic mass is 16.4. The number of rotatable bonds is 9. The van der Waals surface area contributed by atoms with Gasteiger partial charge in [0.25, 0.3) is 0 Å². The third-order valence-electron chi connectivity index (χ3n) is 3.21. The molecular weight excluding hydrogens is 302 g/mol. The fourth-order valence-electron chi connectivity index (χ4n) is 1.88. The zero-order valence-corrected chi connectivity index (χ0v) is 15.7. The molecule has 0 radical (unpaired) electrons. The van der Waals surface area contributed by atoms with E-state index in [9.17, 15) is 4.79 Å². The predicted molar refractivity (Wildman–Crippen MR) is 102 cm³/mol. The van der Waals surface area contributed by atoms with Crippen LogP contribution in [0.25, 0.3) is 0 Å². The number of hydrogen-bond donors (Lipinski definition) is 3. The van der Waals surface area contributed by atoms with Crippen LogP contribution in [0.1, 0.15) is 71.3 Å². The molecule has 0 aromatic heterocycles. The Hall–Kier alpha value is -1.39. The molecule has 4 nitrogen and oxygen atoms in total. The average Bonchev–Trinajstić information content (AvgIpc) is 2.56. The monoisotopic (exact) mass is 339 g/mol. The van der Waals surface area contributed by atoms with E-state index in [1.807, 2.05) is 25.1 Å². The van der Waals surface area contributed by atoms with Gasteiger partial charge in [0.2, 0.25) is 0 Å². The first-order valence-electron chi connectivity index (χ1n) is 9.09. The Balaban J connectivity index is 0. The molecule has 0 aliphatic heterocycles. The Labute approximate surface area is 148 Å². The predicted octanol–water partition coefficient (Wildman–Crippen LogP) is 4.40. The number of carbonyl (C=O) groups is 1. The molecule has 4 N–H and O–H groups in total. The van der Waals surface area contributed by atoms with Crippen LogP contribution in [-0.2, 0) is 11.2 Å². The van der Waals surface area contributed by atoms with E-state index in [1.54, 1.807) is 6.92 Å². The number of aliphatic hydroxyl groups is 1. The molecule has 0 aliphatic carbocycles. The van der Waals surface area contributed by atoms with Gasteiger partial charge in [0.15, 0.2) is 0 Å². The van der Waals surface area contributed by atoms with E-state index in [-0.39, 0.29) is 12.5 Å². The minimum atomic E-state index is -0.745. The number of aliphatic hydroxyl groups excluding tert-OH is 1. The number of carboxylic acids is 1. The average molecular weight is 340 g/mol. The molecule has 0 saturated heterocycles. The van der Waals surface area contributed by atoms with Crippen LogP contribution in [0.15, 0.2) is 30.3 Å². The van der Waals surface area contributed by atoms with Crippen LogP contribution in [0.2, 0.25) is 0 Å². The first-order chi connectivity index (χ1) is 11.5. The summed E-state index contributed by atoms with van der Waals surface area (Å²) in [7, 11) is 0. The highest BCUT2D eigenvalue weighted by Gasteiger charge is 1.94. The maximum Gasteiger partial charge on any atom is 0.303 e. The van der Waals surface area contributed by atoms with Gasteiger partial charge < -0.3 is 15.9 Å². The molecule has 1 unspecified atom stereocenters. The molecule has 1 aromatic carbocycles. The Kier molecular flexibility index (Phi) is 20.4. The number of carboxylic acid groups (broad SMARTS) is 1. The van der Waals surface area contributed by atoms with Crippen molar-refractivity contribution in [3.05, 3.63) is 35.9 Å². The molecular formula is C20H37NO3. The maximum absolute atomic E-state index is 9.37. The van der Waals surface area contributed by atoms with E-state index in [4.69, 9.17) is 15.9 Å². The highest BCUT2D eigenvalue weighted by molar-refractivity contribution is 5.66. The zero-order valence-electron chi connectivity index (χ0n) is 15.7. The number of nitrogens with two attached hydrogens (primary N) is 1. The van der Waals surface area contributed by atoms with E-state index >= 15 is 0 Å². The molecule has 24 heavy (non-hydrogen) atoms. The van der Waals surface area contributed by atoms with Crippen molar-refractivity contribution in [1.29, 1.82) is 0 Å². The SMILES string of the molecule is CC(N)Cc1ccccc1.CCC(=O)O.CCCCCCCCO. The van der Waals surface area contributed by atoms with Crippen molar-refractivity contribution in [3.63, 3.8) is 0 Å². The van der Waals surface area contributed by atoms with Crippen molar-refractivity contribution in [2.75, 3.05) is 6.61 Å². The summed E-state index contributed by atoms with van der Waals surface area (Å²) in [6.07, 6.45) is 8.69. The van der Waals surface area contributed by atoms with Crippen molar-refractivity contribution in [1.82, 2.24) is 0 Å². The smallest absolute Gasteiger partial charge is 0.303 e. The number of benzene rings is 1. The van der Waals surface area contributed by atoms with Crippen LogP contribution in [0.3, 0.4) is 0 Å². The van der Waals surface area contributed by atoms with E-state index < -0.39 is 5.97 Å². The topological polar surface area (TPSA) is 83.6 Å². The molecule has 1 rings (SSSR count). The van der Waals surface area contributed by atoms with Gasteiger partial charge in [-0.05, 0) is 25.3 Å². The lowest BCUT2D eigenvalue weighted by Gasteiger charge is -2.02. The summed E-state index contributed by atoms with van der Waals surface area (Å²) in [6, 6.07) is 10.6. The van der Waals surface area contributed by atoms with Gasteiger partial charge >= 0.3 is 5.97 Å². The lowest BCUT2D eigenvalue weighted by Crippen LogP contribution is -2.17. The van der Waals surface area contributed by atoms with Gasteiger partial charge in [0.1, 0.15) is 0 Å². The lowest BCUT2D eigenvalue weighted by molar-refractivity contribution is -0.136. The summed E-state index contributed by atoms with van der Waals surface area (Å²) in [5, 5.41) is 16.1. The van der Waals surface area contributed by atoms with Gasteiger partial charge in [0, 0.05) is 19.1 Å². The zero-order chi connectivity index (χ0) is 18.6. The van der Waals surface area contributed by atoms with Crippen molar-refractivity contribution in [3.8, 4) is 0 Å². The van der Waals surface area contributed by atoms with Crippen LogP contribution in [0.5, 0.6) is 0 Å². The maximum atomic E-state index is 9.37. The highest BCUT2D eigenvalue weighted by Crippen LogP contribution is 2.03. The van der Waals surface area contributed by atoms with Gasteiger partial charge in [-0.25, -0.2) is 0 Å². The van der Waals surface area contributed by atoms with Crippen molar-refractivity contribution in [2.45, 2.75) is 78.2 Å². The first-order valence-corrected chi connectivity index (χ1v) is 9.09. The second-order valence-corrected chi connectivity index (χ2v) is 5.91. The van der Waals surface area contributed by atoms with Crippen molar-refractivity contribution >= 4 is 5.97 Å².